The van der Waals surface area contributed by atoms with E-state index in [1.165, 1.54) is 36.6 Å². The molecule has 116 valence electrons. The number of H-pyrrole nitrogens is 1. The molecule has 0 saturated carbocycles. The maximum atomic E-state index is 11.6. The van der Waals surface area contributed by atoms with E-state index in [1.807, 2.05) is 0 Å². The number of hydrogen-bond acceptors (Lipinski definition) is 6. The molecule has 0 radical (unpaired) electrons. The van der Waals surface area contributed by atoms with E-state index in [9.17, 15) is 19.7 Å². The monoisotopic (exact) mass is 313 g/mol. The van der Waals surface area contributed by atoms with Crippen LogP contribution in [0.4, 0.5) is 5.69 Å². The van der Waals surface area contributed by atoms with Crippen LogP contribution in [0.25, 0.3) is 6.08 Å². The van der Waals surface area contributed by atoms with Gasteiger partial charge in [0.1, 0.15) is 0 Å². The Morgan fingerprint density at radius 3 is 2.78 bits per heavy atom. The Morgan fingerprint density at radius 1 is 1.30 bits per heavy atom. The number of para-hydroxylation sites is 1. The molecule has 1 aromatic heterocycles. The van der Waals surface area contributed by atoms with E-state index in [4.69, 9.17) is 0 Å². The standard InChI is InChI=1S/C14H11N5O4/c20-13-8-7-11(16-17-13)14(21)18-15-9-3-5-10-4-1-2-6-12(10)19(22)23/h1-9H,(H,17,20)(H,18,21)/b5-3-,15-9-. The average molecular weight is 313 g/mol. The quantitative estimate of drug-likeness (QED) is 0.485. The predicted octanol–water partition coefficient (Wildman–Crippen LogP) is 1.11. The van der Waals surface area contributed by atoms with Gasteiger partial charge in [0, 0.05) is 18.3 Å². The van der Waals surface area contributed by atoms with Crippen molar-refractivity contribution in [3.05, 3.63) is 74.2 Å². The molecular formula is C14H11N5O4. The highest BCUT2D eigenvalue weighted by molar-refractivity contribution is 5.92. The Kier molecular flexibility index (Phi) is 5.08. The van der Waals surface area contributed by atoms with E-state index < -0.39 is 16.4 Å². The van der Waals surface area contributed by atoms with Crippen molar-refractivity contribution >= 4 is 23.9 Å². The Bertz CT molecular complexity index is 821. The van der Waals surface area contributed by atoms with Crippen LogP contribution in [0.5, 0.6) is 0 Å². The molecule has 1 heterocycles. The van der Waals surface area contributed by atoms with E-state index in [1.54, 1.807) is 18.2 Å². The van der Waals surface area contributed by atoms with E-state index in [0.717, 1.165) is 0 Å². The minimum absolute atomic E-state index is 0.00410. The highest BCUT2D eigenvalue weighted by atomic mass is 16.6. The lowest BCUT2D eigenvalue weighted by molar-refractivity contribution is -0.385. The second-order valence-electron chi connectivity index (χ2n) is 4.20. The number of carbonyl (C=O) groups excluding carboxylic acids is 1. The van der Waals surface area contributed by atoms with Crippen LogP contribution < -0.4 is 11.0 Å². The Balaban J connectivity index is 1.97. The molecule has 23 heavy (non-hydrogen) atoms. The van der Waals surface area contributed by atoms with Crippen molar-refractivity contribution in [1.82, 2.24) is 15.6 Å². The molecule has 0 unspecified atom stereocenters. The van der Waals surface area contributed by atoms with Crippen molar-refractivity contribution in [2.75, 3.05) is 0 Å². The predicted molar refractivity (Wildman–Crippen MR) is 82.9 cm³/mol. The van der Waals surface area contributed by atoms with Crippen LogP contribution in [0.2, 0.25) is 0 Å². The molecule has 0 saturated heterocycles. The second kappa shape index (κ2) is 7.41. The fourth-order valence-electron chi connectivity index (χ4n) is 1.61. The zero-order valence-electron chi connectivity index (χ0n) is 11.7. The minimum atomic E-state index is -0.600. The molecule has 2 rings (SSSR count). The van der Waals surface area contributed by atoms with Crippen LogP contribution in [0.1, 0.15) is 16.1 Å². The number of hydrogen-bond donors (Lipinski definition) is 2. The van der Waals surface area contributed by atoms with Gasteiger partial charge in [-0.2, -0.15) is 10.2 Å². The number of aromatic nitrogens is 2. The summed E-state index contributed by atoms with van der Waals surface area (Å²) < 4.78 is 0. The number of nitrogens with one attached hydrogen (secondary N) is 2. The first-order valence-electron chi connectivity index (χ1n) is 6.37. The van der Waals surface area contributed by atoms with Gasteiger partial charge in [-0.1, -0.05) is 12.1 Å². The van der Waals surface area contributed by atoms with Crippen molar-refractivity contribution in [1.29, 1.82) is 0 Å². The zero-order valence-corrected chi connectivity index (χ0v) is 11.7. The number of carbonyl (C=O) groups is 1. The lowest BCUT2D eigenvalue weighted by Gasteiger charge is -1.96. The number of amides is 1. The van der Waals surface area contributed by atoms with Crippen molar-refractivity contribution in [2.24, 2.45) is 5.10 Å². The van der Waals surface area contributed by atoms with Gasteiger partial charge in [0.25, 0.3) is 17.2 Å². The second-order valence-corrected chi connectivity index (χ2v) is 4.20. The Hall–Kier alpha value is -3.62. The summed E-state index contributed by atoms with van der Waals surface area (Å²) in [6.07, 6.45) is 4.20. The normalized spacial score (nSPS) is 11.0. The number of allylic oxidation sites excluding steroid dienone is 1. The maximum absolute atomic E-state index is 11.6. The number of nitro groups is 1. The first kappa shape index (κ1) is 15.8. The summed E-state index contributed by atoms with van der Waals surface area (Å²) >= 11 is 0. The van der Waals surface area contributed by atoms with Crippen LogP contribution in [0, 0.1) is 10.1 Å². The van der Waals surface area contributed by atoms with E-state index >= 15 is 0 Å². The van der Waals surface area contributed by atoms with E-state index in [2.05, 4.69) is 20.7 Å². The average Bonchev–Trinajstić information content (AvgIpc) is 2.55. The molecule has 1 amide bonds. The van der Waals surface area contributed by atoms with Crippen LogP contribution in [0.3, 0.4) is 0 Å². The van der Waals surface area contributed by atoms with E-state index in [-0.39, 0.29) is 11.4 Å². The van der Waals surface area contributed by atoms with Crippen LogP contribution in [-0.2, 0) is 0 Å². The number of rotatable bonds is 5. The molecule has 0 fully saturated rings. The first-order valence-corrected chi connectivity index (χ1v) is 6.37. The lowest BCUT2D eigenvalue weighted by atomic mass is 10.2. The third kappa shape index (κ3) is 4.43. The topological polar surface area (TPSA) is 130 Å². The summed E-state index contributed by atoms with van der Waals surface area (Å²) in [5, 5.41) is 20.1. The van der Waals surface area contributed by atoms with Gasteiger partial charge in [-0.15, -0.1) is 0 Å². The summed E-state index contributed by atoms with van der Waals surface area (Å²) in [4.78, 5) is 32.8. The molecule has 0 bridgehead atoms. The zero-order chi connectivity index (χ0) is 16.7. The minimum Gasteiger partial charge on any atom is -0.268 e. The van der Waals surface area contributed by atoms with Crippen LogP contribution >= 0.6 is 0 Å². The highest BCUT2D eigenvalue weighted by Crippen LogP contribution is 2.18. The summed E-state index contributed by atoms with van der Waals surface area (Å²) in [5.74, 6) is -0.600. The summed E-state index contributed by atoms with van der Waals surface area (Å²) in [5.41, 5.74) is 2.17. The number of nitro benzene ring substituents is 1. The highest BCUT2D eigenvalue weighted by Gasteiger charge is 2.08. The number of aromatic amines is 1. The molecule has 0 aliphatic rings. The molecule has 2 N–H and O–H groups in total. The van der Waals surface area contributed by atoms with Crippen molar-refractivity contribution in [3.8, 4) is 0 Å². The molecular weight excluding hydrogens is 302 g/mol. The SMILES string of the molecule is O=C(N/N=C\C=C/c1ccccc1[N+](=O)[O-])c1ccc(=O)[nH]n1. The largest absolute Gasteiger partial charge is 0.291 e. The number of nitrogens with zero attached hydrogens (tertiary/aromatic N) is 3. The third-order valence-electron chi connectivity index (χ3n) is 2.65. The van der Waals surface area contributed by atoms with Crippen molar-refractivity contribution < 1.29 is 9.72 Å². The van der Waals surface area contributed by atoms with Gasteiger partial charge in [-0.05, 0) is 24.3 Å². The van der Waals surface area contributed by atoms with Gasteiger partial charge in [0.05, 0.1) is 10.5 Å². The van der Waals surface area contributed by atoms with Crippen molar-refractivity contribution in [3.63, 3.8) is 0 Å². The molecule has 1 aromatic carbocycles. The molecule has 2 aromatic rings. The van der Waals surface area contributed by atoms with Gasteiger partial charge in [-0.3, -0.25) is 19.7 Å². The fraction of sp³-hybridized carbons (Fsp3) is 0. The number of benzene rings is 1. The third-order valence-corrected chi connectivity index (χ3v) is 2.65. The van der Waals surface area contributed by atoms with Gasteiger partial charge in [0.2, 0.25) is 0 Å². The molecule has 0 aliphatic carbocycles. The molecule has 0 spiro atoms. The first-order chi connectivity index (χ1) is 11.1. The molecule has 9 heteroatoms. The Morgan fingerprint density at radius 2 is 2.09 bits per heavy atom. The molecule has 9 nitrogen and oxygen atoms in total. The summed E-state index contributed by atoms with van der Waals surface area (Å²) in [6.45, 7) is 0. The summed E-state index contributed by atoms with van der Waals surface area (Å²) in [7, 11) is 0. The number of hydrazone groups is 1. The molecule has 0 atom stereocenters. The van der Waals surface area contributed by atoms with Crippen molar-refractivity contribution in [2.45, 2.75) is 0 Å². The van der Waals surface area contributed by atoms with Gasteiger partial charge in [-0.25, -0.2) is 10.5 Å². The van der Waals surface area contributed by atoms with Gasteiger partial charge >= 0.3 is 0 Å². The Labute approximate surface area is 129 Å². The van der Waals surface area contributed by atoms with Crippen LogP contribution in [-0.4, -0.2) is 27.2 Å². The molecule has 0 aliphatic heterocycles. The van der Waals surface area contributed by atoms with Gasteiger partial charge < -0.3 is 0 Å². The van der Waals surface area contributed by atoms with E-state index in [0.29, 0.717) is 5.56 Å². The summed E-state index contributed by atoms with van der Waals surface area (Å²) in [6, 6.07) is 8.65. The lowest BCUT2D eigenvalue weighted by Crippen LogP contribution is -2.21. The van der Waals surface area contributed by atoms with Gasteiger partial charge in [0.15, 0.2) is 5.69 Å². The van der Waals surface area contributed by atoms with Crippen LogP contribution in [0.15, 0.2) is 52.4 Å². The maximum Gasteiger partial charge on any atom is 0.291 e. The smallest absolute Gasteiger partial charge is 0.268 e. The fourth-order valence-corrected chi connectivity index (χ4v) is 1.61.